The van der Waals surface area contributed by atoms with E-state index in [-0.39, 0.29) is 13.2 Å². The standard InChI is InChI=1S/C20H24N2O4/c1-13-8-9-14(2)17(10-13)25-11-18(23)21-22-19(24)12-26-20-15(3)6-5-7-16(20)4/h5-10H,11-12H2,1-4H3,(H,21,23)(H,22,24). The molecule has 0 radical (unpaired) electrons. The normalized spacial score (nSPS) is 10.2. The second-order valence-electron chi connectivity index (χ2n) is 6.16. The van der Waals surface area contributed by atoms with Gasteiger partial charge < -0.3 is 9.47 Å². The molecule has 0 heterocycles. The summed E-state index contributed by atoms with van der Waals surface area (Å²) in [6.07, 6.45) is 0. The zero-order valence-corrected chi connectivity index (χ0v) is 15.5. The first-order chi connectivity index (χ1) is 12.4. The second kappa shape index (κ2) is 8.89. The van der Waals surface area contributed by atoms with Gasteiger partial charge in [0.2, 0.25) is 0 Å². The maximum absolute atomic E-state index is 11.8. The molecular formula is C20H24N2O4. The van der Waals surface area contributed by atoms with E-state index in [2.05, 4.69) is 10.9 Å². The Hall–Kier alpha value is -3.02. The minimum absolute atomic E-state index is 0.191. The van der Waals surface area contributed by atoms with Crippen molar-refractivity contribution in [1.29, 1.82) is 0 Å². The van der Waals surface area contributed by atoms with E-state index in [1.165, 1.54) is 0 Å². The first kappa shape index (κ1) is 19.3. The van der Waals surface area contributed by atoms with Crippen LogP contribution in [0.3, 0.4) is 0 Å². The molecule has 0 bridgehead atoms. The highest BCUT2D eigenvalue weighted by atomic mass is 16.5. The largest absolute Gasteiger partial charge is 0.483 e. The lowest BCUT2D eigenvalue weighted by atomic mass is 10.1. The van der Waals surface area contributed by atoms with Crippen molar-refractivity contribution >= 4 is 11.8 Å². The van der Waals surface area contributed by atoms with Gasteiger partial charge in [-0.2, -0.15) is 0 Å². The zero-order chi connectivity index (χ0) is 19.1. The highest BCUT2D eigenvalue weighted by Crippen LogP contribution is 2.22. The van der Waals surface area contributed by atoms with Crippen molar-refractivity contribution < 1.29 is 19.1 Å². The van der Waals surface area contributed by atoms with Crippen molar-refractivity contribution in [3.63, 3.8) is 0 Å². The fourth-order valence-corrected chi connectivity index (χ4v) is 2.38. The molecule has 0 atom stereocenters. The number of hydrogen-bond acceptors (Lipinski definition) is 4. The number of carbonyl (C=O) groups excluding carboxylic acids is 2. The van der Waals surface area contributed by atoms with Crippen LogP contribution in [0.15, 0.2) is 36.4 Å². The van der Waals surface area contributed by atoms with E-state index in [0.717, 1.165) is 22.3 Å². The molecule has 26 heavy (non-hydrogen) atoms. The third-order valence-corrected chi connectivity index (χ3v) is 3.80. The van der Waals surface area contributed by atoms with Gasteiger partial charge in [0.05, 0.1) is 0 Å². The lowest BCUT2D eigenvalue weighted by Gasteiger charge is -2.13. The molecule has 2 N–H and O–H groups in total. The quantitative estimate of drug-likeness (QED) is 0.780. The van der Waals surface area contributed by atoms with E-state index < -0.39 is 11.8 Å². The maximum atomic E-state index is 11.8. The second-order valence-corrected chi connectivity index (χ2v) is 6.16. The summed E-state index contributed by atoms with van der Waals surface area (Å²) in [5.74, 6) is 0.413. The summed E-state index contributed by atoms with van der Waals surface area (Å²) in [6.45, 7) is 7.29. The first-order valence-electron chi connectivity index (χ1n) is 8.33. The van der Waals surface area contributed by atoms with Gasteiger partial charge in [0, 0.05) is 0 Å². The van der Waals surface area contributed by atoms with Crippen LogP contribution in [0, 0.1) is 27.7 Å². The number of rotatable bonds is 6. The number of ether oxygens (including phenoxy) is 2. The van der Waals surface area contributed by atoms with Crippen LogP contribution < -0.4 is 20.3 Å². The molecule has 6 heteroatoms. The Balaban J connectivity index is 1.75. The smallest absolute Gasteiger partial charge is 0.276 e. The average Bonchev–Trinajstić information content (AvgIpc) is 2.60. The summed E-state index contributed by atoms with van der Waals surface area (Å²) < 4.78 is 11.0. The Bertz CT molecular complexity index is 782. The summed E-state index contributed by atoms with van der Waals surface area (Å²) in [7, 11) is 0. The zero-order valence-electron chi connectivity index (χ0n) is 15.5. The number of benzene rings is 2. The lowest BCUT2D eigenvalue weighted by molar-refractivity contribution is -0.131. The molecule has 2 aromatic rings. The number of carbonyl (C=O) groups is 2. The van der Waals surface area contributed by atoms with Gasteiger partial charge in [0.15, 0.2) is 13.2 Å². The number of nitrogens with one attached hydrogen (secondary N) is 2. The van der Waals surface area contributed by atoms with Gasteiger partial charge in [0.1, 0.15) is 11.5 Å². The summed E-state index contributed by atoms with van der Waals surface area (Å²) in [5, 5.41) is 0. The molecule has 2 amide bonds. The van der Waals surface area contributed by atoms with Crippen LogP contribution in [0.1, 0.15) is 22.3 Å². The van der Waals surface area contributed by atoms with Crippen LogP contribution in [0.2, 0.25) is 0 Å². The summed E-state index contributed by atoms with van der Waals surface area (Å²) in [4.78, 5) is 23.6. The van der Waals surface area contributed by atoms with E-state index in [0.29, 0.717) is 11.5 Å². The van der Waals surface area contributed by atoms with E-state index >= 15 is 0 Å². The lowest BCUT2D eigenvalue weighted by Crippen LogP contribution is -2.45. The molecule has 0 spiro atoms. The molecule has 0 fully saturated rings. The Morgan fingerprint density at radius 3 is 2.00 bits per heavy atom. The van der Waals surface area contributed by atoms with Crippen LogP contribution in [-0.4, -0.2) is 25.0 Å². The molecule has 0 aliphatic carbocycles. The highest BCUT2D eigenvalue weighted by molar-refractivity contribution is 5.83. The molecular weight excluding hydrogens is 332 g/mol. The van der Waals surface area contributed by atoms with Gasteiger partial charge in [-0.1, -0.05) is 30.3 Å². The molecule has 0 saturated heterocycles. The maximum Gasteiger partial charge on any atom is 0.276 e. The van der Waals surface area contributed by atoms with Crippen LogP contribution in [-0.2, 0) is 9.59 Å². The molecule has 138 valence electrons. The molecule has 6 nitrogen and oxygen atoms in total. The monoisotopic (exact) mass is 356 g/mol. The molecule has 2 rings (SSSR count). The predicted octanol–water partition coefficient (Wildman–Crippen LogP) is 2.53. The minimum atomic E-state index is -0.452. The van der Waals surface area contributed by atoms with Crippen molar-refractivity contribution in [3.8, 4) is 11.5 Å². The van der Waals surface area contributed by atoms with Gasteiger partial charge in [-0.3, -0.25) is 20.4 Å². The van der Waals surface area contributed by atoms with Crippen molar-refractivity contribution in [3.05, 3.63) is 58.7 Å². The fourth-order valence-electron chi connectivity index (χ4n) is 2.38. The number of hydrazine groups is 1. The Labute approximate surface area is 153 Å². The van der Waals surface area contributed by atoms with Crippen molar-refractivity contribution in [2.45, 2.75) is 27.7 Å². The molecule has 0 aliphatic heterocycles. The molecule has 0 aliphatic rings. The van der Waals surface area contributed by atoms with E-state index in [1.807, 2.05) is 64.1 Å². The van der Waals surface area contributed by atoms with Gasteiger partial charge >= 0.3 is 0 Å². The van der Waals surface area contributed by atoms with Gasteiger partial charge in [-0.05, 0) is 56.0 Å². The number of amides is 2. The van der Waals surface area contributed by atoms with E-state index in [1.54, 1.807) is 0 Å². The minimum Gasteiger partial charge on any atom is -0.483 e. The van der Waals surface area contributed by atoms with Crippen LogP contribution in [0.5, 0.6) is 11.5 Å². The Morgan fingerprint density at radius 1 is 0.808 bits per heavy atom. The van der Waals surface area contributed by atoms with Crippen LogP contribution >= 0.6 is 0 Å². The van der Waals surface area contributed by atoms with Crippen LogP contribution in [0.25, 0.3) is 0 Å². The van der Waals surface area contributed by atoms with E-state index in [9.17, 15) is 9.59 Å². The molecule has 0 saturated carbocycles. The number of aryl methyl sites for hydroxylation is 4. The number of hydrogen-bond donors (Lipinski definition) is 2. The first-order valence-corrected chi connectivity index (χ1v) is 8.33. The SMILES string of the molecule is Cc1ccc(C)c(OCC(=O)NNC(=O)COc2c(C)cccc2C)c1. The van der Waals surface area contributed by atoms with E-state index in [4.69, 9.17) is 9.47 Å². The summed E-state index contributed by atoms with van der Waals surface area (Å²) in [5.41, 5.74) is 8.50. The van der Waals surface area contributed by atoms with Crippen molar-refractivity contribution in [2.24, 2.45) is 0 Å². The topological polar surface area (TPSA) is 76.7 Å². The highest BCUT2D eigenvalue weighted by Gasteiger charge is 2.09. The molecule has 0 unspecified atom stereocenters. The Kier molecular flexibility index (Phi) is 6.60. The van der Waals surface area contributed by atoms with Crippen molar-refractivity contribution in [1.82, 2.24) is 10.9 Å². The average molecular weight is 356 g/mol. The van der Waals surface area contributed by atoms with Gasteiger partial charge in [0.25, 0.3) is 11.8 Å². The summed E-state index contributed by atoms with van der Waals surface area (Å²) >= 11 is 0. The summed E-state index contributed by atoms with van der Waals surface area (Å²) in [6, 6.07) is 11.5. The fraction of sp³-hybridized carbons (Fsp3) is 0.300. The van der Waals surface area contributed by atoms with Crippen LogP contribution in [0.4, 0.5) is 0 Å². The molecule has 2 aromatic carbocycles. The number of para-hydroxylation sites is 1. The van der Waals surface area contributed by atoms with Gasteiger partial charge in [-0.15, -0.1) is 0 Å². The Morgan fingerprint density at radius 2 is 1.38 bits per heavy atom. The van der Waals surface area contributed by atoms with Crippen molar-refractivity contribution in [2.75, 3.05) is 13.2 Å². The van der Waals surface area contributed by atoms with Gasteiger partial charge in [-0.25, -0.2) is 0 Å². The third kappa shape index (κ3) is 5.51. The molecule has 0 aromatic heterocycles. The third-order valence-electron chi connectivity index (χ3n) is 3.80. The predicted molar refractivity (Wildman–Crippen MR) is 99.1 cm³/mol.